The number of ether oxygens (including phenoxy) is 1. The van der Waals surface area contributed by atoms with Crippen LogP contribution < -0.4 is 9.64 Å². The minimum Gasteiger partial charge on any atom is -0.495 e. The molecule has 1 saturated heterocycles. The number of likely N-dealkylation sites (N-methyl/N-ethyl adjacent to an activating group) is 1. The summed E-state index contributed by atoms with van der Waals surface area (Å²) in [6.45, 7) is 1.22. The molecule has 0 aliphatic carbocycles. The lowest BCUT2D eigenvalue weighted by Gasteiger charge is -2.36. The van der Waals surface area contributed by atoms with Crippen LogP contribution in [0.5, 0.6) is 5.75 Å². The summed E-state index contributed by atoms with van der Waals surface area (Å²) in [7, 11) is -4.60. The minimum atomic E-state index is -3.87. The molecule has 0 saturated carbocycles. The summed E-state index contributed by atoms with van der Waals surface area (Å²) in [5.41, 5.74) is 1.60. The molecule has 204 valence electrons. The first-order valence-corrected chi connectivity index (χ1v) is 15.2. The van der Waals surface area contributed by atoms with Crippen molar-refractivity contribution in [1.29, 1.82) is 0 Å². The monoisotopic (exact) mass is 581 g/mol. The van der Waals surface area contributed by atoms with E-state index in [4.69, 9.17) is 16.3 Å². The topological polar surface area (TPSA) is 87.2 Å². The molecule has 4 rings (SSSR count). The quantitative estimate of drug-likeness (QED) is 0.381. The molecule has 1 heterocycles. The van der Waals surface area contributed by atoms with Crippen LogP contribution >= 0.6 is 11.6 Å². The van der Waals surface area contributed by atoms with Crippen LogP contribution in [0.25, 0.3) is 0 Å². The number of halogens is 2. The highest BCUT2D eigenvalue weighted by atomic mass is 35.5. The molecular formula is C26H29ClFN3O5S2. The van der Waals surface area contributed by atoms with Crippen LogP contribution in [-0.2, 0) is 26.5 Å². The Labute approximate surface area is 228 Å². The maximum atomic E-state index is 13.5. The summed E-state index contributed by atoms with van der Waals surface area (Å²) >= 11 is 5.79. The zero-order valence-corrected chi connectivity index (χ0v) is 23.4. The number of sulfonamides is 2. The first-order chi connectivity index (χ1) is 18.0. The fraction of sp³-hybridized carbons (Fsp3) is 0.308. The highest BCUT2D eigenvalue weighted by molar-refractivity contribution is 7.89. The lowest BCUT2D eigenvalue weighted by Crippen LogP contribution is -2.48. The van der Waals surface area contributed by atoms with Crippen molar-refractivity contribution in [2.75, 3.05) is 51.8 Å². The number of hydrogen-bond acceptors (Lipinski definition) is 6. The van der Waals surface area contributed by atoms with Gasteiger partial charge in [0.05, 0.1) is 27.6 Å². The first kappa shape index (κ1) is 28.3. The average molecular weight is 582 g/mol. The summed E-state index contributed by atoms with van der Waals surface area (Å²) in [4.78, 5) is 1.94. The summed E-state index contributed by atoms with van der Waals surface area (Å²) < 4.78 is 74.4. The van der Waals surface area contributed by atoms with Crippen LogP contribution in [0.1, 0.15) is 5.56 Å². The van der Waals surface area contributed by atoms with E-state index in [1.165, 1.54) is 27.9 Å². The van der Waals surface area contributed by atoms with E-state index in [1.807, 2.05) is 35.2 Å². The Hall–Kier alpha value is -2.70. The number of hydrogen-bond donors (Lipinski definition) is 0. The molecule has 0 radical (unpaired) electrons. The van der Waals surface area contributed by atoms with E-state index in [2.05, 4.69) is 0 Å². The van der Waals surface area contributed by atoms with Crippen molar-refractivity contribution in [1.82, 2.24) is 8.61 Å². The second-order valence-electron chi connectivity index (χ2n) is 8.86. The Bertz CT molecular complexity index is 1500. The Morgan fingerprint density at radius 1 is 0.921 bits per heavy atom. The standard InChI is InChI=1S/C26H29ClFN3O5S2/c1-29(13-12-20-6-4-3-5-7-20)37(32,33)22-9-11-26(36-2)25(19-22)30-14-16-31(17-15-30)38(34,35)21-8-10-24(28)23(27)18-21/h3-11,18-19H,12-17H2,1-2H3. The molecule has 3 aromatic carbocycles. The van der Waals surface area contributed by atoms with Gasteiger partial charge in [0.25, 0.3) is 0 Å². The smallest absolute Gasteiger partial charge is 0.243 e. The van der Waals surface area contributed by atoms with Crippen molar-refractivity contribution in [2.45, 2.75) is 16.2 Å². The van der Waals surface area contributed by atoms with Crippen molar-refractivity contribution in [3.63, 3.8) is 0 Å². The highest BCUT2D eigenvalue weighted by Crippen LogP contribution is 2.33. The van der Waals surface area contributed by atoms with Gasteiger partial charge in [-0.3, -0.25) is 0 Å². The fourth-order valence-electron chi connectivity index (χ4n) is 4.26. The number of piperazine rings is 1. The van der Waals surface area contributed by atoms with Gasteiger partial charge in [-0.15, -0.1) is 0 Å². The van der Waals surface area contributed by atoms with Crippen LogP contribution in [0.4, 0.5) is 10.1 Å². The Balaban J connectivity index is 1.50. The van der Waals surface area contributed by atoms with Crippen LogP contribution in [0.2, 0.25) is 5.02 Å². The molecule has 38 heavy (non-hydrogen) atoms. The van der Waals surface area contributed by atoms with Crippen molar-refractivity contribution in [2.24, 2.45) is 0 Å². The maximum absolute atomic E-state index is 13.5. The highest BCUT2D eigenvalue weighted by Gasteiger charge is 2.31. The summed E-state index contributed by atoms with van der Waals surface area (Å²) in [5.74, 6) is -0.208. The number of benzene rings is 3. The average Bonchev–Trinajstić information content (AvgIpc) is 2.93. The van der Waals surface area contributed by atoms with Gasteiger partial charge < -0.3 is 9.64 Å². The molecule has 0 amide bonds. The molecule has 1 fully saturated rings. The molecule has 0 aromatic heterocycles. The van der Waals surface area contributed by atoms with Crippen molar-refractivity contribution >= 4 is 37.3 Å². The van der Waals surface area contributed by atoms with Crippen LogP contribution in [0.3, 0.4) is 0 Å². The van der Waals surface area contributed by atoms with Gasteiger partial charge in [-0.2, -0.15) is 4.31 Å². The molecule has 3 aromatic rings. The van der Waals surface area contributed by atoms with E-state index < -0.39 is 25.9 Å². The van der Waals surface area contributed by atoms with E-state index in [0.717, 1.165) is 17.7 Å². The second-order valence-corrected chi connectivity index (χ2v) is 13.3. The van der Waals surface area contributed by atoms with E-state index in [0.29, 0.717) is 37.5 Å². The van der Waals surface area contributed by atoms with E-state index in [1.54, 1.807) is 19.2 Å². The number of methoxy groups -OCH3 is 1. The summed E-state index contributed by atoms with van der Waals surface area (Å²) in [5, 5.41) is -0.263. The van der Waals surface area contributed by atoms with Crippen molar-refractivity contribution in [3.8, 4) is 5.75 Å². The molecular weight excluding hydrogens is 553 g/mol. The fourth-order valence-corrected chi connectivity index (χ4v) is 7.15. The SMILES string of the molecule is COc1ccc(S(=O)(=O)N(C)CCc2ccccc2)cc1N1CCN(S(=O)(=O)c2ccc(F)c(Cl)c2)CC1. The largest absolute Gasteiger partial charge is 0.495 e. The van der Waals surface area contributed by atoms with Crippen molar-refractivity contribution in [3.05, 3.63) is 83.1 Å². The van der Waals surface area contributed by atoms with Gasteiger partial charge in [-0.1, -0.05) is 41.9 Å². The van der Waals surface area contributed by atoms with Crippen LogP contribution in [0.15, 0.2) is 76.5 Å². The van der Waals surface area contributed by atoms with Gasteiger partial charge in [-0.25, -0.2) is 25.5 Å². The third-order valence-corrected chi connectivity index (χ3v) is 10.6. The molecule has 1 aliphatic rings. The zero-order chi connectivity index (χ0) is 27.5. The lowest BCUT2D eigenvalue weighted by molar-refractivity contribution is 0.378. The molecule has 0 spiro atoms. The predicted octanol–water partition coefficient (Wildman–Crippen LogP) is 3.86. The van der Waals surface area contributed by atoms with Gasteiger partial charge in [-0.05, 0) is 48.4 Å². The molecule has 12 heteroatoms. The van der Waals surface area contributed by atoms with Gasteiger partial charge in [0, 0.05) is 39.8 Å². The zero-order valence-electron chi connectivity index (χ0n) is 21.0. The Morgan fingerprint density at radius 3 is 2.21 bits per heavy atom. The van der Waals surface area contributed by atoms with Gasteiger partial charge in [0.2, 0.25) is 20.0 Å². The van der Waals surface area contributed by atoms with E-state index in [9.17, 15) is 21.2 Å². The first-order valence-electron chi connectivity index (χ1n) is 11.9. The minimum absolute atomic E-state index is 0.0819. The Kier molecular flexibility index (Phi) is 8.63. The molecule has 0 N–H and O–H groups in total. The van der Waals surface area contributed by atoms with E-state index >= 15 is 0 Å². The number of nitrogens with zero attached hydrogens (tertiary/aromatic N) is 3. The maximum Gasteiger partial charge on any atom is 0.243 e. The van der Waals surface area contributed by atoms with Gasteiger partial charge in [0.1, 0.15) is 11.6 Å². The lowest BCUT2D eigenvalue weighted by atomic mass is 10.2. The molecule has 8 nitrogen and oxygen atoms in total. The van der Waals surface area contributed by atoms with Gasteiger partial charge >= 0.3 is 0 Å². The molecule has 0 atom stereocenters. The number of anilines is 1. The van der Waals surface area contributed by atoms with Gasteiger partial charge in [0.15, 0.2) is 0 Å². The normalized spacial score (nSPS) is 15.1. The molecule has 0 bridgehead atoms. The summed E-state index contributed by atoms with van der Waals surface area (Å²) in [6, 6.07) is 17.7. The second kappa shape index (κ2) is 11.6. The Morgan fingerprint density at radius 2 is 1.58 bits per heavy atom. The van der Waals surface area contributed by atoms with Crippen molar-refractivity contribution < 1.29 is 26.0 Å². The molecule has 1 aliphatic heterocycles. The van der Waals surface area contributed by atoms with E-state index in [-0.39, 0.29) is 27.9 Å². The molecule has 0 unspecified atom stereocenters. The summed E-state index contributed by atoms with van der Waals surface area (Å²) in [6.07, 6.45) is 0.579. The van der Waals surface area contributed by atoms with Crippen LogP contribution in [-0.4, -0.2) is 72.3 Å². The van der Waals surface area contributed by atoms with Crippen LogP contribution in [0, 0.1) is 5.82 Å². The predicted molar refractivity (Wildman–Crippen MR) is 145 cm³/mol. The number of rotatable bonds is 9. The third-order valence-electron chi connectivity index (χ3n) is 6.52. The third kappa shape index (κ3) is 5.97.